The lowest BCUT2D eigenvalue weighted by molar-refractivity contribution is -0.274. The maximum Gasteiger partial charge on any atom is 0.573 e. The van der Waals surface area contributed by atoms with Crippen molar-refractivity contribution in [2.24, 2.45) is 0 Å². The molecule has 0 aliphatic rings. The van der Waals surface area contributed by atoms with Gasteiger partial charge in [-0.2, -0.15) is 0 Å². The molecule has 2 rings (SSSR count). The van der Waals surface area contributed by atoms with Gasteiger partial charge in [0.2, 0.25) is 5.91 Å². The lowest BCUT2D eigenvalue weighted by atomic mass is 10.1. The highest BCUT2D eigenvalue weighted by atomic mass is 19.4. The predicted molar refractivity (Wildman–Crippen MR) is 112 cm³/mol. The van der Waals surface area contributed by atoms with Crippen LogP contribution in [0.1, 0.15) is 19.4 Å². The van der Waals surface area contributed by atoms with E-state index in [-0.39, 0.29) is 18.1 Å². The van der Waals surface area contributed by atoms with Gasteiger partial charge in [0, 0.05) is 18.3 Å². The van der Waals surface area contributed by atoms with E-state index in [9.17, 15) is 18.0 Å². The minimum Gasteiger partial charge on any atom is -0.493 e. The van der Waals surface area contributed by atoms with E-state index >= 15 is 0 Å². The summed E-state index contributed by atoms with van der Waals surface area (Å²) in [6, 6.07) is 10.2. The van der Waals surface area contributed by atoms with Gasteiger partial charge in [0.25, 0.3) is 0 Å². The van der Waals surface area contributed by atoms with Crippen molar-refractivity contribution in [3.05, 3.63) is 48.0 Å². The fourth-order valence-electron chi connectivity index (χ4n) is 2.89. The Labute approximate surface area is 179 Å². The van der Waals surface area contributed by atoms with E-state index in [1.807, 2.05) is 0 Å². The van der Waals surface area contributed by atoms with Crippen molar-refractivity contribution in [2.45, 2.75) is 26.6 Å². The molecule has 0 heterocycles. The van der Waals surface area contributed by atoms with Gasteiger partial charge < -0.3 is 24.4 Å². The van der Waals surface area contributed by atoms with Crippen LogP contribution in [0.2, 0.25) is 0 Å². The summed E-state index contributed by atoms with van der Waals surface area (Å²) in [7, 11) is 1.54. The molecule has 0 fully saturated rings. The summed E-state index contributed by atoms with van der Waals surface area (Å²) >= 11 is 0. The van der Waals surface area contributed by atoms with Crippen LogP contribution in [-0.2, 0) is 11.2 Å². The monoisotopic (exact) mass is 440 g/mol. The summed E-state index contributed by atoms with van der Waals surface area (Å²) in [5, 5.41) is 2.76. The second-order valence-corrected chi connectivity index (χ2v) is 6.66. The molecule has 2 aromatic carbocycles. The molecule has 0 radical (unpaired) electrons. The minimum absolute atomic E-state index is 0.00349. The van der Waals surface area contributed by atoms with Crippen LogP contribution in [0, 0.1) is 0 Å². The Morgan fingerprint density at radius 3 is 2.29 bits per heavy atom. The number of nitrogens with zero attached hydrogens (tertiary/aromatic N) is 1. The van der Waals surface area contributed by atoms with Crippen LogP contribution < -0.4 is 19.5 Å². The van der Waals surface area contributed by atoms with Gasteiger partial charge in [0.05, 0.1) is 13.5 Å². The number of hydrogen-bond acceptors (Lipinski definition) is 5. The zero-order chi connectivity index (χ0) is 22.9. The number of carbonyl (C=O) groups excluding carboxylic acids is 1. The molecule has 0 aliphatic heterocycles. The number of anilines is 1. The standard InChI is InChI=1S/C22H27F3N2O4/c1-4-27(5-2)12-13-30-20-15-17(8-11-19(20)29-3)26-21(28)14-16-6-9-18(10-7-16)31-22(23,24)25/h6-11,15H,4-5,12-14H2,1-3H3,(H,26,28). The molecule has 31 heavy (non-hydrogen) atoms. The summed E-state index contributed by atoms with van der Waals surface area (Å²) in [5.41, 5.74) is 1.08. The molecule has 6 nitrogen and oxygen atoms in total. The number of alkyl halides is 3. The molecule has 0 saturated carbocycles. The van der Waals surface area contributed by atoms with Crippen molar-refractivity contribution in [1.82, 2.24) is 4.90 Å². The number of carbonyl (C=O) groups is 1. The highest BCUT2D eigenvalue weighted by Crippen LogP contribution is 2.30. The van der Waals surface area contributed by atoms with E-state index < -0.39 is 6.36 Å². The first-order valence-electron chi connectivity index (χ1n) is 9.91. The SMILES string of the molecule is CCN(CC)CCOc1cc(NC(=O)Cc2ccc(OC(F)(F)F)cc2)ccc1OC. The average Bonchev–Trinajstić information content (AvgIpc) is 2.72. The molecule has 0 aromatic heterocycles. The van der Waals surface area contributed by atoms with Gasteiger partial charge in [-0.1, -0.05) is 26.0 Å². The summed E-state index contributed by atoms with van der Waals surface area (Å²) in [6.45, 7) is 7.25. The van der Waals surface area contributed by atoms with Crippen LogP contribution in [-0.4, -0.2) is 50.5 Å². The quantitative estimate of drug-likeness (QED) is 0.558. The third kappa shape index (κ3) is 8.37. The highest BCUT2D eigenvalue weighted by molar-refractivity contribution is 5.92. The van der Waals surface area contributed by atoms with Crippen molar-refractivity contribution < 1.29 is 32.2 Å². The van der Waals surface area contributed by atoms with Crippen LogP contribution in [0.5, 0.6) is 17.2 Å². The normalized spacial score (nSPS) is 11.3. The Hall–Kier alpha value is -2.94. The first-order chi connectivity index (χ1) is 14.7. The summed E-state index contributed by atoms with van der Waals surface area (Å²) in [6.07, 6.45) is -4.76. The number of nitrogens with one attached hydrogen (secondary N) is 1. The van der Waals surface area contributed by atoms with Crippen LogP contribution in [0.25, 0.3) is 0 Å². The Balaban J connectivity index is 1.96. The largest absolute Gasteiger partial charge is 0.573 e. The minimum atomic E-state index is -4.75. The van der Waals surface area contributed by atoms with E-state index in [2.05, 4.69) is 28.8 Å². The van der Waals surface area contributed by atoms with E-state index in [0.717, 1.165) is 19.6 Å². The molecule has 1 amide bonds. The van der Waals surface area contributed by atoms with Gasteiger partial charge >= 0.3 is 6.36 Å². The van der Waals surface area contributed by atoms with E-state index in [1.54, 1.807) is 18.2 Å². The van der Waals surface area contributed by atoms with Gasteiger partial charge in [0.1, 0.15) is 12.4 Å². The van der Waals surface area contributed by atoms with Crippen LogP contribution in [0.4, 0.5) is 18.9 Å². The van der Waals surface area contributed by atoms with E-state index in [0.29, 0.717) is 29.4 Å². The third-order valence-electron chi connectivity index (χ3n) is 4.53. The van der Waals surface area contributed by atoms with Gasteiger partial charge in [-0.05, 0) is 42.9 Å². The smallest absolute Gasteiger partial charge is 0.493 e. The average molecular weight is 440 g/mol. The Bertz CT molecular complexity index is 838. The zero-order valence-corrected chi connectivity index (χ0v) is 17.8. The molecule has 2 aromatic rings. The third-order valence-corrected chi connectivity index (χ3v) is 4.53. The van der Waals surface area contributed by atoms with Gasteiger partial charge in [-0.15, -0.1) is 13.2 Å². The number of hydrogen-bond donors (Lipinski definition) is 1. The maximum atomic E-state index is 12.3. The zero-order valence-electron chi connectivity index (χ0n) is 17.8. The van der Waals surface area contributed by atoms with Crippen molar-refractivity contribution in [3.63, 3.8) is 0 Å². The lowest BCUT2D eigenvalue weighted by Crippen LogP contribution is -2.28. The molecule has 0 unspecified atom stereocenters. The maximum absolute atomic E-state index is 12.3. The highest BCUT2D eigenvalue weighted by Gasteiger charge is 2.30. The molecular weight excluding hydrogens is 413 g/mol. The van der Waals surface area contributed by atoms with Crippen molar-refractivity contribution in [1.29, 1.82) is 0 Å². The molecule has 0 atom stereocenters. The fraction of sp³-hybridized carbons (Fsp3) is 0.409. The molecular formula is C22H27F3N2O4. The van der Waals surface area contributed by atoms with Gasteiger partial charge in [-0.3, -0.25) is 4.79 Å². The number of likely N-dealkylation sites (N-methyl/N-ethyl adjacent to an activating group) is 1. The Kier molecular flexibility index (Phi) is 8.99. The fourth-order valence-corrected chi connectivity index (χ4v) is 2.89. The Morgan fingerprint density at radius 1 is 1.03 bits per heavy atom. The number of amides is 1. The van der Waals surface area contributed by atoms with Crippen molar-refractivity contribution >= 4 is 11.6 Å². The lowest BCUT2D eigenvalue weighted by Gasteiger charge is -2.19. The molecule has 0 saturated heterocycles. The topological polar surface area (TPSA) is 60.0 Å². The van der Waals surface area contributed by atoms with E-state index in [4.69, 9.17) is 9.47 Å². The van der Waals surface area contributed by atoms with E-state index in [1.165, 1.54) is 31.4 Å². The summed E-state index contributed by atoms with van der Waals surface area (Å²) < 4.78 is 51.6. The number of halogens is 3. The first kappa shape index (κ1) is 24.3. The number of ether oxygens (including phenoxy) is 3. The number of methoxy groups -OCH3 is 1. The summed E-state index contributed by atoms with van der Waals surface area (Å²) in [5.74, 6) is 0.418. The molecule has 0 bridgehead atoms. The molecule has 170 valence electrons. The second-order valence-electron chi connectivity index (χ2n) is 6.66. The molecule has 9 heteroatoms. The van der Waals surface area contributed by atoms with Crippen LogP contribution in [0.3, 0.4) is 0 Å². The second kappa shape index (κ2) is 11.5. The van der Waals surface area contributed by atoms with Gasteiger partial charge in [0.15, 0.2) is 11.5 Å². The number of benzene rings is 2. The van der Waals surface area contributed by atoms with Gasteiger partial charge in [-0.25, -0.2) is 0 Å². The molecule has 1 N–H and O–H groups in total. The van der Waals surface area contributed by atoms with Crippen LogP contribution >= 0.6 is 0 Å². The van der Waals surface area contributed by atoms with Crippen molar-refractivity contribution in [2.75, 3.05) is 38.7 Å². The first-order valence-corrected chi connectivity index (χ1v) is 9.91. The predicted octanol–water partition coefficient (Wildman–Crippen LogP) is 4.50. The van der Waals surface area contributed by atoms with Crippen molar-refractivity contribution in [3.8, 4) is 17.2 Å². The summed E-state index contributed by atoms with van der Waals surface area (Å²) in [4.78, 5) is 14.6. The van der Waals surface area contributed by atoms with Crippen LogP contribution in [0.15, 0.2) is 42.5 Å². The number of rotatable bonds is 11. The Morgan fingerprint density at radius 2 is 1.71 bits per heavy atom. The molecule has 0 aliphatic carbocycles. The molecule has 0 spiro atoms.